The third-order valence-corrected chi connectivity index (χ3v) is 5.70. The number of likely N-dealkylation sites (tertiary alicyclic amines) is 1. The first-order valence-electron chi connectivity index (χ1n) is 10.1. The van der Waals surface area contributed by atoms with Gasteiger partial charge in [0.15, 0.2) is 0 Å². The second-order valence-corrected chi connectivity index (χ2v) is 8.17. The van der Waals surface area contributed by atoms with Crippen LogP contribution in [0.4, 0.5) is 0 Å². The Morgan fingerprint density at radius 1 is 1.00 bits per heavy atom. The van der Waals surface area contributed by atoms with E-state index >= 15 is 0 Å². The van der Waals surface area contributed by atoms with Gasteiger partial charge in [-0.25, -0.2) is 0 Å². The summed E-state index contributed by atoms with van der Waals surface area (Å²) in [4.78, 5) is 14.3. The Bertz CT molecular complexity index is 738. The summed E-state index contributed by atoms with van der Waals surface area (Å²) in [6.45, 7) is 9.89. The lowest BCUT2D eigenvalue weighted by Crippen LogP contribution is -2.50. The summed E-state index contributed by atoms with van der Waals surface area (Å²) < 4.78 is 6.07. The number of piperidine rings is 1. The maximum Gasteiger partial charge on any atom is 0.0593 e. The normalized spacial score (nSPS) is 24.8. The molecule has 1 atom stereocenters. The molecule has 27 heavy (non-hydrogen) atoms. The number of nitrogens with zero attached hydrogens (tertiary/aromatic N) is 4. The predicted molar refractivity (Wildman–Crippen MR) is 106 cm³/mol. The van der Waals surface area contributed by atoms with Crippen molar-refractivity contribution in [1.29, 1.82) is 0 Å². The largest absolute Gasteiger partial charge is 0.379 e. The fraction of sp³-hybridized carbons (Fsp3) is 0.545. The monoisotopic (exact) mass is 366 g/mol. The first kappa shape index (κ1) is 18.5. The highest BCUT2D eigenvalue weighted by Gasteiger charge is 2.38. The minimum atomic E-state index is 0.216. The Morgan fingerprint density at radius 2 is 1.81 bits per heavy atom. The van der Waals surface area contributed by atoms with E-state index in [2.05, 4.69) is 52.0 Å². The summed E-state index contributed by atoms with van der Waals surface area (Å²) in [5, 5.41) is 0. The lowest BCUT2D eigenvalue weighted by atomic mass is 9.80. The van der Waals surface area contributed by atoms with E-state index in [1.54, 1.807) is 0 Å². The molecule has 2 saturated heterocycles. The Hall–Kier alpha value is -1.82. The molecule has 0 aliphatic carbocycles. The molecule has 2 aliphatic heterocycles. The summed E-state index contributed by atoms with van der Waals surface area (Å²) in [7, 11) is 0. The highest BCUT2D eigenvalue weighted by Crippen LogP contribution is 2.34. The summed E-state index contributed by atoms with van der Waals surface area (Å²) in [6, 6.07) is 12.5. The van der Waals surface area contributed by atoms with Gasteiger partial charge >= 0.3 is 0 Å². The van der Waals surface area contributed by atoms with Crippen molar-refractivity contribution in [2.75, 3.05) is 39.4 Å². The lowest BCUT2D eigenvalue weighted by Gasteiger charge is -2.43. The van der Waals surface area contributed by atoms with Crippen molar-refractivity contribution in [3.63, 3.8) is 0 Å². The molecule has 5 heteroatoms. The molecule has 144 valence electrons. The van der Waals surface area contributed by atoms with Gasteiger partial charge in [0.2, 0.25) is 0 Å². The number of pyridine rings is 2. The van der Waals surface area contributed by atoms with Crippen molar-refractivity contribution in [2.45, 2.75) is 32.9 Å². The van der Waals surface area contributed by atoms with E-state index in [4.69, 9.17) is 9.72 Å². The Balaban J connectivity index is 1.43. The van der Waals surface area contributed by atoms with E-state index in [-0.39, 0.29) is 5.41 Å². The Labute approximate surface area is 162 Å². The third kappa shape index (κ3) is 4.92. The zero-order chi connectivity index (χ0) is 18.5. The number of aromatic nitrogens is 2. The van der Waals surface area contributed by atoms with Crippen LogP contribution in [-0.4, -0.2) is 59.2 Å². The van der Waals surface area contributed by atoms with Crippen LogP contribution in [-0.2, 0) is 17.8 Å². The highest BCUT2D eigenvalue weighted by atomic mass is 16.5. The van der Waals surface area contributed by atoms with E-state index in [0.717, 1.165) is 63.9 Å². The SMILES string of the molecule is Cc1cccc(CN2CCC[C@@]3(COCCN(Cc4ccccn4)C3)C2)n1. The maximum atomic E-state index is 6.07. The molecule has 0 radical (unpaired) electrons. The topological polar surface area (TPSA) is 41.5 Å². The molecule has 2 aromatic heterocycles. The van der Waals surface area contributed by atoms with Crippen molar-refractivity contribution < 1.29 is 4.74 Å². The van der Waals surface area contributed by atoms with Gasteiger partial charge in [0.1, 0.15) is 0 Å². The molecule has 2 aromatic rings. The first-order valence-corrected chi connectivity index (χ1v) is 10.1. The van der Waals surface area contributed by atoms with Crippen molar-refractivity contribution in [2.24, 2.45) is 5.41 Å². The average molecular weight is 367 g/mol. The summed E-state index contributed by atoms with van der Waals surface area (Å²) in [6.07, 6.45) is 4.35. The molecule has 2 aliphatic rings. The minimum absolute atomic E-state index is 0.216. The summed E-state index contributed by atoms with van der Waals surface area (Å²) in [5.74, 6) is 0. The van der Waals surface area contributed by atoms with E-state index in [1.165, 1.54) is 18.5 Å². The van der Waals surface area contributed by atoms with Crippen LogP contribution in [0.3, 0.4) is 0 Å². The van der Waals surface area contributed by atoms with E-state index in [0.29, 0.717) is 0 Å². The van der Waals surface area contributed by atoms with Crippen LogP contribution in [0.1, 0.15) is 29.9 Å². The van der Waals surface area contributed by atoms with Gasteiger partial charge in [-0.2, -0.15) is 0 Å². The molecule has 0 N–H and O–H groups in total. The zero-order valence-corrected chi connectivity index (χ0v) is 16.3. The second kappa shape index (κ2) is 8.46. The van der Waals surface area contributed by atoms with Crippen molar-refractivity contribution in [3.05, 3.63) is 59.7 Å². The van der Waals surface area contributed by atoms with Crippen LogP contribution in [0.25, 0.3) is 0 Å². The third-order valence-electron chi connectivity index (χ3n) is 5.70. The number of hydrogen-bond acceptors (Lipinski definition) is 5. The van der Waals surface area contributed by atoms with E-state index in [1.807, 2.05) is 12.3 Å². The lowest BCUT2D eigenvalue weighted by molar-refractivity contribution is 0.00205. The zero-order valence-electron chi connectivity index (χ0n) is 16.3. The average Bonchev–Trinajstić information content (AvgIpc) is 2.84. The van der Waals surface area contributed by atoms with Gasteiger partial charge in [-0.05, 0) is 50.6 Å². The molecular weight excluding hydrogens is 336 g/mol. The highest BCUT2D eigenvalue weighted by molar-refractivity contribution is 5.10. The number of rotatable bonds is 4. The van der Waals surface area contributed by atoms with Gasteiger partial charge in [-0.15, -0.1) is 0 Å². The number of hydrogen-bond donors (Lipinski definition) is 0. The smallest absolute Gasteiger partial charge is 0.0593 e. The van der Waals surface area contributed by atoms with Gasteiger partial charge in [0.25, 0.3) is 0 Å². The predicted octanol–water partition coefficient (Wildman–Crippen LogP) is 2.90. The van der Waals surface area contributed by atoms with Gasteiger partial charge in [-0.3, -0.25) is 19.8 Å². The standard InChI is InChI=1S/C22H30N4O/c1-19-6-4-8-21(24-19)15-25-11-5-9-22(16-25)17-26(12-13-27-18-22)14-20-7-2-3-10-23-20/h2-4,6-8,10H,5,9,11-18H2,1H3/t22-/m1/s1. The van der Waals surface area contributed by atoms with Crippen LogP contribution in [0.15, 0.2) is 42.6 Å². The molecular formula is C22H30N4O. The van der Waals surface area contributed by atoms with Gasteiger partial charge in [-0.1, -0.05) is 12.1 Å². The molecule has 0 amide bonds. The quantitative estimate of drug-likeness (QED) is 0.832. The van der Waals surface area contributed by atoms with Crippen LogP contribution < -0.4 is 0 Å². The molecule has 0 aromatic carbocycles. The molecule has 2 fully saturated rings. The van der Waals surface area contributed by atoms with Crippen LogP contribution in [0.5, 0.6) is 0 Å². The van der Waals surface area contributed by atoms with Crippen LogP contribution >= 0.6 is 0 Å². The van der Waals surface area contributed by atoms with Crippen molar-refractivity contribution in [1.82, 2.24) is 19.8 Å². The van der Waals surface area contributed by atoms with Crippen LogP contribution in [0, 0.1) is 12.3 Å². The number of aryl methyl sites for hydroxylation is 1. The molecule has 0 bridgehead atoms. The van der Waals surface area contributed by atoms with Gasteiger partial charge < -0.3 is 4.74 Å². The fourth-order valence-electron chi connectivity index (χ4n) is 4.55. The van der Waals surface area contributed by atoms with Crippen molar-refractivity contribution in [3.8, 4) is 0 Å². The Morgan fingerprint density at radius 3 is 2.63 bits per heavy atom. The molecule has 4 rings (SSSR count). The molecule has 5 nitrogen and oxygen atoms in total. The maximum absolute atomic E-state index is 6.07. The van der Waals surface area contributed by atoms with Crippen molar-refractivity contribution >= 4 is 0 Å². The summed E-state index contributed by atoms with van der Waals surface area (Å²) >= 11 is 0. The molecule has 4 heterocycles. The second-order valence-electron chi connectivity index (χ2n) is 8.17. The van der Waals surface area contributed by atoms with E-state index in [9.17, 15) is 0 Å². The van der Waals surface area contributed by atoms with E-state index < -0.39 is 0 Å². The van der Waals surface area contributed by atoms with Crippen LogP contribution in [0.2, 0.25) is 0 Å². The first-order chi connectivity index (χ1) is 13.2. The minimum Gasteiger partial charge on any atom is -0.379 e. The van der Waals surface area contributed by atoms with Gasteiger partial charge in [0, 0.05) is 50.0 Å². The summed E-state index contributed by atoms with van der Waals surface area (Å²) in [5.41, 5.74) is 3.63. The number of ether oxygens (including phenoxy) is 1. The molecule has 0 saturated carbocycles. The fourth-order valence-corrected chi connectivity index (χ4v) is 4.55. The molecule has 1 spiro atoms. The molecule has 0 unspecified atom stereocenters. The van der Waals surface area contributed by atoms with Gasteiger partial charge in [0.05, 0.1) is 24.6 Å². The Kier molecular flexibility index (Phi) is 5.81.